The topological polar surface area (TPSA) is 33.6 Å². The molecule has 0 saturated heterocycles. The molecule has 0 amide bonds. The fraction of sp³-hybridized carbons (Fsp3) is 0. The average molecular weight is 540 g/mol. The van der Waals surface area contributed by atoms with Crippen molar-refractivity contribution in [3.05, 3.63) is 133 Å². The van der Waals surface area contributed by atoms with Gasteiger partial charge in [0.2, 0.25) is 0 Å². The Bertz CT molecular complexity index is 2550. The van der Waals surface area contributed by atoms with Gasteiger partial charge in [0.15, 0.2) is 0 Å². The van der Waals surface area contributed by atoms with Crippen LogP contribution in [0, 0.1) is 11.3 Å². The summed E-state index contributed by atoms with van der Waals surface area (Å²) in [6.45, 7) is 0. The third-order valence-electron chi connectivity index (χ3n) is 8.32. The van der Waals surface area contributed by atoms with Crippen molar-refractivity contribution in [3.8, 4) is 17.4 Å². The summed E-state index contributed by atoms with van der Waals surface area (Å²) in [5.41, 5.74) is 7.51. The normalized spacial score (nSPS) is 11.9. The minimum absolute atomic E-state index is 0.673. The van der Waals surface area contributed by atoms with Crippen LogP contribution in [0.2, 0.25) is 0 Å². The Morgan fingerprint density at radius 2 is 1.10 bits per heavy atom. The highest BCUT2D eigenvalue weighted by molar-refractivity contribution is 7.26. The first-order chi connectivity index (χ1) is 20.3. The van der Waals surface area contributed by atoms with Gasteiger partial charge in [-0.2, -0.15) is 5.26 Å². The molecule has 0 unspecified atom stereocenters. The molecule has 0 saturated carbocycles. The molecule has 9 aromatic rings. The van der Waals surface area contributed by atoms with E-state index in [9.17, 15) is 5.26 Å². The summed E-state index contributed by atoms with van der Waals surface area (Å²) in [4.78, 5) is 0. The number of thiophene rings is 1. The van der Waals surface area contributed by atoms with Crippen molar-refractivity contribution in [1.82, 2.24) is 9.13 Å². The lowest BCUT2D eigenvalue weighted by Crippen LogP contribution is -1.98. The molecule has 0 radical (unpaired) electrons. The first-order valence-electron chi connectivity index (χ1n) is 13.7. The summed E-state index contributed by atoms with van der Waals surface area (Å²) < 4.78 is 7.35. The van der Waals surface area contributed by atoms with E-state index < -0.39 is 0 Å². The number of nitriles is 1. The predicted molar refractivity (Wildman–Crippen MR) is 173 cm³/mol. The van der Waals surface area contributed by atoms with Crippen molar-refractivity contribution < 1.29 is 0 Å². The standard InChI is InChI=1S/C37H21N3S/c38-22-23-16-17-32-29(20-23)26-10-1-4-13-30(26)39(32)24-8-7-9-25(21-24)40-31-14-5-2-11-27(31)36-33(40)18-19-35-37(36)28-12-3-6-15-34(28)41-35/h1-21H. The van der Waals surface area contributed by atoms with Gasteiger partial charge in [-0.1, -0.05) is 60.7 Å². The molecule has 0 N–H and O–H groups in total. The Labute approximate surface area is 239 Å². The van der Waals surface area contributed by atoms with Crippen LogP contribution < -0.4 is 0 Å². The second-order valence-electron chi connectivity index (χ2n) is 10.5. The summed E-state index contributed by atoms with van der Waals surface area (Å²) in [5, 5.41) is 17.0. The van der Waals surface area contributed by atoms with Crippen LogP contribution >= 0.6 is 11.3 Å². The fourth-order valence-corrected chi connectivity index (χ4v) is 7.76. The van der Waals surface area contributed by atoms with E-state index in [0.29, 0.717) is 5.56 Å². The number of para-hydroxylation sites is 2. The molecule has 0 aliphatic heterocycles. The summed E-state index contributed by atoms with van der Waals surface area (Å²) in [5.74, 6) is 0. The van der Waals surface area contributed by atoms with Gasteiger partial charge in [-0.15, -0.1) is 11.3 Å². The molecule has 0 atom stereocenters. The molecule has 3 nitrogen and oxygen atoms in total. The molecule has 4 heteroatoms. The molecular formula is C37H21N3S. The van der Waals surface area contributed by atoms with E-state index in [4.69, 9.17) is 0 Å². The number of hydrogen-bond acceptors (Lipinski definition) is 2. The quantitative estimate of drug-likeness (QED) is 0.215. The van der Waals surface area contributed by atoms with Crippen LogP contribution in [0.1, 0.15) is 5.56 Å². The molecule has 0 aliphatic carbocycles. The highest BCUT2D eigenvalue weighted by Gasteiger charge is 2.18. The van der Waals surface area contributed by atoms with Crippen LogP contribution in [0.15, 0.2) is 127 Å². The molecule has 41 heavy (non-hydrogen) atoms. The monoisotopic (exact) mass is 539 g/mol. The van der Waals surface area contributed by atoms with E-state index in [1.54, 1.807) is 0 Å². The van der Waals surface area contributed by atoms with Crippen molar-refractivity contribution in [3.63, 3.8) is 0 Å². The van der Waals surface area contributed by atoms with E-state index in [0.717, 1.165) is 33.2 Å². The molecule has 3 heterocycles. The van der Waals surface area contributed by atoms with E-state index in [2.05, 4.69) is 130 Å². The lowest BCUT2D eigenvalue weighted by Gasteiger charge is -2.13. The molecule has 0 bridgehead atoms. The van der Waals surface area contributed by atoms with Crippen LogP contribution in [0.5, 0.6) is 0 Å². The second-order valence-corrected chi connectivity index (χ2v) is 11.6. The molecule has 9 rings (SSSR count). The number of nitrogens with zero attached hydrogens (tertiary/aromatic N) is 3. The van der Waals surface area contributed by atoms with Crippen LogP contribution in [0.25, 0.3) is 75.2 Å². The molecule has 0 aliphatic rings. The molecule has 0 spiro atoms. The van der Waals surface area contributed by atoms with Gasteiger partial charge in [0, 0.05) is 53.1 Å². The van der Waals surface area contributed by atoms with Crippen molar-refractivity contribution in [2.75, 3.05) is 0 Å². The maximum atomic E-state index is 9.56. The van der Waals surface area contributed by atoms with Crippen LogP contribution in [-0.2, 0) is 0 Å². The first kappa shape index (κ1) is 22.4. The number of fused-ring (bicyclic) bond motifs is 10. The number of aromatic nitrogens is 2. The van der Waals surface area contributed by atoms with Crippen LogP contribution in [-0.4, -0.2) is 9.13 Å². The predicted octanol–water partition coefficient (Wildman–Crippen LogP) is 10.1. The Hall–Kier alpha value is -5.37. The van der Waals surface area contributed by atoms with Crippen molar-refractivity contribution >= 4 is 75.1 Å². The van der Waals surface area contributed by atoms with Gasteiger partial charge in [0.05, 0.1) is 33.7 Å². The summed E-state index contributed by atoms with van der Waals surface area (Å²) >= 11 is 1.86. The smallest absolute Gasteiger partial charge is 0.0991 e. The lowest BCUT2D eigenvalue weighted by atomic mass is 10.1. The van der Waals surface area contributed by atoms with Crippen molar-refractivity contribution in [2.45, 2.75) is 0 Å². The first-order valence-corrected chi connectivity index (χ1v) is 14.5. The Kier molecular flexibility index (Phi) is 4.55. The zero-order chi connectivity index (χ0) is 27.1. The Morgan fingerprint density at radius 3 is 1.90 bits per heavy atom. The van der Waals surface area contributed by atoms with Crippen LogP contribution in [0.4, 0.5) is 0 Å². The molecule has 0 fully saturated rings. The highest BCUT2D eigenvalue weighted by atomic mass is 32.1. The van der Waals surface area contributed by atoms with Gasteiger partial charge in [-0.3, -0.25) is 0 Å². The van der Waals surface area contributed by atoms with Gasteiger partial charge < -0.3 is 9.13 Å². The molecule has 190 valence electrons. The van der Waals surface area contributed by atoms with E-state index in [1.165, 1.54) is 42.0 Å². The van der Waals surface area contributed by atoms with E-state index >= 15 is 0 Å². The van der Waals surface area contributed by atoms with Crippen molar-refractivity contribution in [1.29, 1.82) is 5.26 Å². The second kappa shape index (κ2) is 8.32. The Morgan fingerprint density at radius 1 is 0.463 bits per heavy atom. The number of hydrogen-bond donors (Lipinski definition) is 0. The molecular weight excluding hydrogens is 518 g/mol. The average Bonchev–Trinajstić information content (AvgIpc) is 3.68. The summed E-state index contributed by atoms with van der Waals surface area (Å²) in [6.07, 6.45) is 0. The van der Waals surface area contributed by atoms with Gasteiger partial charge in [-0.25, -0.2) is 0 Å². The van der Waals surface area contributed by atoms with Crippen LogP contribution in [0.3, 0.4) is 0 Å². The minimum Gasteiger partial charge on any atom is -0.309 e. The fourth-order valence-electron chi connectivity index (χ4n) is 6.64. The van der Waals surface area contributed by atoms with Gasteiger partial charge in [0.25, 0.3) is 0 Å². The van der Waals surface area contributed by atoms with Gasteiger partial charge in [-0.05, 0) is 66.7 Å². The minimum atomic E-state index is 0.673. The SMILES string of the molecule is N#Cc1ccc2c(c1)c1ccccc1n2-c1cccc(-n2c3ccccc3c3c4c(ccc32)sc2ccccc24)c1. The summed E-state index contributed by atoms with van der Waals surface area (Å²) in [7, 11) is 0. The lowest BCUT2D eigenvalue weighted by molar-refractivity contribution is 1.13. The van der Waals surface area contributed by atoms with Gasteiger partial charge in [0.1, 0.15) is 0 Å². The highest BCUT2D eigenvalue weighted by Crippen LogP contribution is 2.43. The zero-order valence-corrected chi connectivity index (χ0v) is 22.7. The molecule has 3 aromatic heterocycles. The van der Waals surface area contributed by atoms with E-state index in [1.807, 2.05) is 23.5 Å². The van der Waals surface area contributed by atoms with E-state index in [-0.39, 0.29) is 0 Å². The summed E-state index contributed by atoms with van der Waals surface area (Å²) in [6, 6.07) is 47.6. The Balaban J connectivity index is 1.36. The number of benzene rings is 6. The number of rotatable bonds is 2. The zero-order valence-electron chi connectivity index (χ0n) is 21.9. The molecule has 6 aromatic carbocycles. The largest absolute Gasteiger partial charge is 0.309 e. The maximum Gasteiger partial charge on any atom is 0.0991 e. The van der Waals surface area contributed by atoms with Crippen molar-refractivity contribution in [2.24, 2.45) is 0 Å². The maximum absolute atomic E-state index is 9.56. The third-order valence-corrected chi connectivity index (χ3v) is 9.46. The third kappa shape index (κ3) is 3.07. The van der Waals surface area contributed by atoms with Gasteiger partial charge >= 0.3 is 0 Å².